The predicted molar refractivity (Wildman–Crippen MR) is 74.9 cm³/mol. The van der Waals surface area contributed by atoms with E-state index in [2.05, 4.69) is 10.6 Å². The molecule has 1 aromatic heterocycles. The number of imide groups is 1. The maximum atomic E-state index is 12.3. The van der Waals surface area contributed by atoms with Crippen LogP contribution in [0.1, 0.15) is 12.0 Å². The van der Waals surface area contributed by atoms with Crippen LogP contribution in [0.2, 0.25) is 0 Å². The predicted octanol–water partition coefficient (Wildman–Crippen LogP) is 0.562. The average molecular weight is 272 g/mol. The smallest absolute Gasteiger partial charge is 0.322 e. The second kappa shape index (κ2) is 4.35. The molecule has 1 fully saturated rings. The van der Waals surface area contributed by atoms with Gasteiger partial charge in [-0.1, -0.05) is 18.2 Å². The van der Waals surface area contributed by atoms with Gasteiger partial charge in [-0.2, -0.15) is 0 Å². The van der Waals surface area contributed by atoms with E-state index in [1.807, 2.05) is 42.1 Å². The summed E-state index contributed by atoms with van der Waals surface area (Å²) in [5, 5.41) is 6.00. The number of hydrogen-bond acceptors (Lipinski definition) is 3. The molecule has 6 heteroatoms. The van der Waals surface area contributed by atoms with Gasteiger partial charge in [-0.05, 0) is 19.0 Å². The monoisotopic (exact) mass is 272 g/mol. The van der Waals surface area contributed by atoms with E-state index >= 15 is 0 Å². The molecular formula is C14H16N4O2. The van der Waals surface area contributed by atoms with Gasteiger partial charge in [0.15, 0.2) is 0 Å². The highest BCUT2D eigenvalue weighted by Gasteiger charge is 2.48. The second-order valence-corrected chi connectivity index (χ2v) is 5.02. The lowest BCUT2D eigenvalue weighted by Gasteiger charge is -2.25. The van der Waals surface area contributed by atoms with Crippen LogP contribution in [-0.4, -0.2) is 23.1 Å². The van der Waals surface area contributed by atoms with Crippen molar-refractivity contribution in [3.05, 3.63) is 36.0 Å². The standard InChI is InChI=1S/C14H16N4O2/c1-18-8-10(9-4-2-3-5-11(9)18)14(6-7-15)12(19)16-13(20)17-14/h2-5,8H,6-7,15H2,1H3,(H2,16,17,19,20). The van der Waals surface area contributed by atoms with E-state index in [0.717, 1.165) is 16.5 Å². The minimum atomic E-state index is -1.08. The maximum Gasteiger partial charge on any atom is 0.322 e. The summed E-state index contributed by atoms with van der Waals surface area (Å²) in [5.74, 6) is -0.343. The fraction of sp³-hybridized carbons (Fsp3) is 0.286. The number of fused-ring (bicyclic) bond motifs is 1. The Bertz CT molecular complexity index is 706. The summed E-state index contributed by atoms with van der Waals surface area (Å²) in [5.41, 5.74) is 6.36. The Labute approximate surface area is 115 Å². The molecule has 1 unspecified atom stereocenters. The lowest BCUT2D eigenvalue weighted by Crippen LogP contribution is -2.45. The number of carbonyl (C=O) groups is 2. The van der Waals surface area contributed by atoms with Crippen molar-refractivity contribution in [2.75, 3.05) is 6.54 Å². The molecule has 1 aliphatic rings. The Morgan fingerprint density at radius 2 is 2.05 bits per heavy atom. The maximum absolute atomic E-state index is 12.3. The number of para-hydroxylation sites is 1. The van der Waals surface area contributed by atoms with Crippen molar-refractivity contribution < 1.29 is 9.59 Å². The van der Waals surface area contributed by atoms with Gasteiger partial charge in [0.25, 0.3) is 5.91 Å². The molecule has 0 saturated carbocycles. The number of nitrogens with one attached hydrogen (secondary N) is 2. The van der Waals surface area contributed by atoms with Gasteiger partial charge in [0.1, 0.15) is 5.54 Å². The van der Waals surface area contributed by atoms with E-state index in [1.165, 1.54) is 0 Å². The first-order valence-electron chi connectivity index (χ1n) is 6.47. The van der Waals surface area contributed by atoms with Crippen molar-refractivity contribution in [3.63, 3.8) is 0 Å². The Morgan fingerprint density at radius 3 is 2.70 bits per heavy atom. The summed E-state index contributed by atoms with van der Waals surface area (Å²) in [6.07, 6.45) is 2.24. The minimum absolute atomic E-state index is 0.303. The molecule has 6 nitrogen and oxygen atoms in total. The topological polar surface area (TPSA) is 89.2 Å². The molecule has 1 aliphatic heterocycles. The van der Waals surface area contributed by atoms with Gasteiger partial charge >= 0.3 is 6.03 Å². The highest BCUT2D eigenvalue weighted by molar-refractivity contribution is 6.09. The van der Waals surface area contributed by atoms with Gasteiger partial charge in [0.05, 0.1) is 0 Å². The normalized spacial score (nSPS) is 22.1. The van der Waals surface area contributed by atoms with Gasteiger partial charge in [0, 0.05) is 29.7 Å². The van der Waals surface area contributed by atoms with E-state index in [4.69, 9.17) is 5.73 Å². The van der Waals surface area contributed by atoms with E-state index in [1.54, 1.807) is 0 Å². The van der Waals surface area contributed by atoms with Crippen molar-refractivity contribution in [2.45, 2.75) is 12.0 Å². The molecule has 3 rings (SSSR count). The first-order chi connectivity index (χ1) is 9.58. The van der Waals surface area contributed by atoms with Gasteiger partial charge in [0.2, 0.25) is 0 Å². The minimum Gasteiger partial charge on any atom is -0.350 e. The van der Waals surface area contributed by atoms with Crippen molar-refractivity contribution in [1.29, 1.82) is 0 Å². The quantitative estimate of drug-likeness (QED) is 0.713. The van der Waals surface area contributed by atoms with Crippen molar-refractivity contribution in [3.8, 4) is 0 Å². The SMILES string of the molecule is Cn1cc(C2(CCN)NC(=O)NC2=O)c2ccccc21. The third-order valence-corrected chi connectivity index (χ3v) is 3.82. The zero-order chi connectivity index (χ0) is 14.3. The van der Waals surface area contributed by atoms with Crippen LogP contribution in [0.15, 0.2) is 30.5 Å². The highest BCUT2D eigenvalue weighted by atomic mass is 16.2. The molecule has 2 heterocycles. The number of aryl methyl sites for hydroxylation is 1. The third-order valence-electron chi connectivity index (χ3n) is 3.82. The van der Waals surface area contributed by atoms with Gasteiger partial charge in [-0.15, -0.1) is 0 Å². The molecule has 20 heavy (non-hydrogen) atoms. The Balaban J connectivity index is 2.26. The number of rotatable bonds is 3. The van der Waals surface area contributed by atoms with Gasteiger partial charge in [-0.3, -0.25) is 10.1 Å². The zero-order valence-corrected chi connectivity index (χ0v) is 11.1. The van der Waals surface area contributed by atoms with Crippen molar-refractivity contribution >= 4 is 22.8 Å². The van der Waals surface area contributed by atoms with Crippen LogP contribution < -0.4 is 16.4 Å². The van der Waals surface area contributed by atoms with E-state index in [9.17, 15) is 9.59 Å². The number of nitrogens with two attached hydrogens (primary N) is 1. The molecule has 104 valence electrons. The molecule has 0 bridgehead atoms. The molecule has 0 aliphatic carbocycles. The van der Waals surface area contributed by atoms with Crippen LogP contribution in [-0.2, 0) is 17.4 Å². The second-order valence-electron chi connectivity index (χ2n) is 5.02. The fourth-order valence-electron chi connectivity index (χ4n) is 2.89. The number of urea groups is 1. The highest BCUT2D eigenvalue weighted by Crippen LogP contribution is 2.34. The first kappa shape index (κ1) is 12.7. The summed E-state index contributed by atoms with van der Waals surface area (Å²) < 4.78 is 1.95. The average Bonchev–Trinajstić information content (AvgIpc) is 2.90. The fourth-order valence-corrected chi connectivity index (χ4v) is 2.89. The molecule has 4 N–H and O–H groups in total. The summed E-state index contributed by atoms with van der Waals surface area (Å²) in [7, 11) is 1.91. The van der Waals surface area contributed by atoms with Crippen LogP contribution in [0, 0.1) is 0 Å². The molecular weight excluding hydrogens is 256 g/mol. The summed E-state index contributed by atoms with van der Waals surface area (Å²) in [6, 6.07) is 7.30. The van der Waals surface area contributed by atoms with Crippen molar-refractivity contribution in [1.82, 2.24) is 15.2 Å². The zero-order valence-electron chi connectivity index (χ0n) is 11.1. The molecule has 2 aromatic rings. The Morgan fingerprint density at radius 1 is 1.30 bits per heavy atom. The third kappa shape index (κ3) is 1.61. The van der Waals surface area contributed by atoms with E-state index < -0.39 is 11.6 Å². The van der Waals surface area contributed by atoms with Gasteiger partial charge < -0.3 is 15.6 Å². The number of nitrogens with zero attached hydrogens (tertiary/aromatic N) is 1. The van der Waals surface area contributed by atoms with E-state index in [0.29, 0.717) is 13.0 Å². The first-order valence-corrected chi connectivity index (χ1v) is 6.47. The summed E-state index contributed by atoms with van der Waals surface area (Å²) >= 11 is 0. The molecule has 3 amide bonds. The molecule has 0 spiro atoms. The van der Waals surface area contributed by atoms with Crippen molar-refractivity contribution in [2.24, 2.45) is 12.8 Å². The number of aromatic nitrogens is 1. The van der Waals surface area contributed by atoms with E-state index in [-0.39, 0.29) is 5.91 Å². The molecule has 1 saturated heterocycles. The number of benzene rings is 1. The molecule has 1 atom stereocenters. The lowest BCUT2D eigenvalue weighted by atomic mass is 9.86. The lowest BCUT2D eigenvalue weighted by molar-refractivity contribution is -0.124. The largest absolute Gasteiger partial charge is 0.350 e. The van der Waals surface area contributed by atoms with Crippen LogP contribution in [0.4, 0.5) is 4.79 Å². The van der Waals surface area contributed by atoms with Crippen LogP contribution in [0.25, 0.3) is 10.9 Å². The summed E-state index contributed by atoms with van der Waals surface area (Å²) in [6.45, 7) is 0.303. The number of hydrogen-bond donors (Lipinski definition) is 3. The Kier molecular flexibility index (Phi) is 2.76. The number of carbonyl (C=O) groups excluding carboxylic acids is 2. The van der Waals surface area contributed by atoms with Crippen LogP contribution >= 0.6 is 0 Å². The number of amides is 3. The molecule has 0 radical (unpaired) electrons. The summed E-state index contributed by atoms with van der Waals surface area (Å²) in [4.78, 5) is 23.9. The van der Waals surface area contributed by atoms with Crippen LogP contribution in [0.5, 0.6) is 0 Å². The Hall–Kier alpha value is -2.34. The van der Waals surface area contributed by atoms with Crippen LogP contribution in [0.3, 0.4) is 0 Å². The van der Waals surface area contributed by atoms with Gasteiger partial charge in [-0.25, -0.2) is 4.79 Å². The molecule has 1 aromatic carbocycles.